The number of amides is 2. The lowest BCUT2D eigenvalue weighted by Crippen LogP contribution is -2.44. The van der Waals surface area contributed by atoms with Gasteiger partial charge in [0, 0.05) is 18.7 Å². The van der Waals surface area contributed by atoms with Gasteiger partial charge >= 0.3 is 0 Å². The monoisotopic (exact) mass is 316 g/mol. The first-order chi connectivity index (χ1) is 10.8. The number of piperidine rings is 1. The van der Waals surface area contributed by atoms with E-state index in [1.54, 1.807) is 0 Å². The lowest BCUT2D eigenvalue weighted by molar-refractivity contribution is -0.131. The maximum absolute atomic E-state index is 12.2. The third-order valence-electron chi connectivity index (χ3n) is 4.42. The zero-order valence-corrected chi connectivity index (χ0v) is 14.7. The number of carbonyl (C=O) groups excluding carboxylic acids is 2. The van der Waals surface area contributed by atoms with Gasteiger partial charge in [-0.3, -0.25) is 9.59 Å². The molecule has 0 spiro atoms. The summed E-state index contributed by atoms with van der Waals surface area (Å²) < 4.78 is 0. The average molecular weight is 316 g/mol. The Balaban J connectivity index is 1.88. The van der Waals surface area contributed by atoms with E-state index in [0.29, 0.717) is 11.5 Å². The first kappa shape index (κ1) is 17.5. The Morgan fingerprint density at radius 3 is 2.43 bits per heavy atom. The summed E-state index contributed by atoms with van der Waals surface area (Å²) in [5.41, 5.74) is 1.85. The molecule has 0 aliphatic carbocycles. The highest BCUT2D eigenvalue weighted by Gasteiger charge is 2.21. The van der Waals surface area contributed by atoms with E-state index in [1.807, 2.05) is 29.2 Å². The standard InChI is InChI=1S/C19H28N2O2/c1-14-6-5-11-21(13-14)17(22)12-20-18(23)15-7-9-16(10-8-15)19(2,3)4/h7-10,14H,5-6,11-13H2,1-4H3,(H,20,23). The molecule has 4 nitrogen and oxygen atoms in total. The van der Waals surface area contributed by atoms with Crippen molar-refractivity contribution in [2.24, 2.45) is 5.92 Å². The predicted octanol–water partition coefficient (Wildman–Crippen LogP) is 2.97. The summed E-state index contributed by atoms with van der Waals surface area (Å²) in [6.45, 7) is 10.3. The Morgan fingerprint density at radius 1 is 1.22 bits per heavy atom. The van der Waals surface area contributed by atoms with Crippen LogP contribution in [0.25, 0.3) is 0 Å². The molecule has 1 aromatic rings. The molecule has 126 valence electrons. The van der Waals surface area contributed by atoms with E-state index >= 15 is 0 Å². The SMILES string of the molecule is CC1CCCN(C(=O)CNC(=O)c2ccc(C(C)(C)C)cc2)C1. The molecule has 0 bridgehead atoms. The van der Waals surface area contributed by atoms with E-state index < -0.39 is 0 Å². The van der Waals surface area contributed by atoms with Crippen LogP contribution in [0.1, 0.15) is 56.5 Å². The molecule has 2 amide bonds. The molecule has 0 radical (unpaired) electrons. The van der Waals surface area contributed by atoms with Crippen LogP contribution in [0.5, 0.6) is 0 Å². The van der Waals surface area contributed by atoms with Crippen LogP contribution in [0.15, 0.2) is 24.3 Å². The van der Waals surface area contributed by atoms with Gasteiger partial charge in [0.05, 0.1) is 6.54 Å². The lowest BCUT2D eigenvalue weighted by atomic mass is 9.87. The molecule has 4 heteroatoms. The van der Waals surface area contributed by atoms with Crippen LogP contribution >= 0.6 is 0 Å². The van der Waals surface area contributed by atoms with Crippen molar-refractivity contribution in [2.45, 2.75) is 46.0 Å². The fourth-order valence-corrected chi connectivity index (χ4v) is 2.91. The first-order valence-corrected chi connectivity index (χ1v) is 8.44. The highest BCUT2D eigenvalue weighted by molar-refractivity contribution is 5.96. The molecule has 1 N–H and O–H groups in total. The van der Waals surface area contributed by atoms with Crippen molar-refractivity contribution < 1.29 is 9.59 Å². The second-order valence-electron chi connectivity index (χ2n) is 7.60. The van der Waals surface area contributed by atoms with Crippen LogP contribution in [0.3, 0.4) is 0 Å². The Morgan fingerprint density at radius 2 is 1.87 bits per heavy atom. The van der Waals surface area contributed by atoms with E-state index in [1.165, 1.54) is 12.0 Å². The van der Waals surface area contributed by atoms with Crippen LogP contribution in [-0.4, -0.2) is 36.3 Å². The second-order valence-corrected chi connectivity index (χ2v) is 7.60. The number of carbonyl (C=O) groups is 2. The molecule has 0 saturated carbocycles. The van der Waals surface area contributed by atoms with Crippen molar-refractivity contribution in [3.8, 4) is 0 Å². The van der Waals surface area contributed by atoms with E-state index in [9.17, 15) is 9.59 Å². The van der Waals surface area contributed by atoms with Gasteiger partial charge in [0.15, 0.2) is 0 Å². The van der Waals surface area contributed by atoms with Crippen molar-refractivity contribution in [1.29, 1.82) is 0 Å². The third kappa shape index (κ3) is 4.81. The van der Waals surface area contributed by atoms with Crippen LogP contribution in [-0.2, 0) is 10.2 Å². The molecule has 2 rings (SSSR count). The summed E-state index contributed by atoms with van der Waals surface area (Å²) in [7, 11) is 0. The largest absolute Gasteiger partial charge is 0.343 e. The van der Waals surface area contributed by atoms with E-state index in [2.05, 4.69) is 33.0 Å². The van der Waals surface area contributed by atoms with Crippen molar-refractivity contribution in [3.63, 3.8) is 0 Å². The van der Waals surface area contributed by atoms with Gasteiger partial charge in [0.25, 0.3) is 5.91 Å². The Bertz CT molecular complexity index is 558. The van der Waals surface area contributed by atoms with Gasteiger partial charge in [-0.05, 0) is 41.9 Å². The summed E-state index contributed by atoms with van der Waals surface area (Å²) >= 11 is 0. The van der Waals surface area contributed by atoms with Gasteiger partial charge < -0.3 is 10.2 Å². The fraction of sp³-hybridized carbons (Fsp3) is 0.579. The number of nitrogens with one attached hydrogen (secondary N) is 1. The van der Waals surface area contributed by atoms with Crippen molar-refractivity contribution >= 4 is 11.8 Å². The maximum atomic E-state index is 12.2. The average Bonchev–Trinajstić information content (AvgIpc) is 2.51. The Kier molecular flexibility index (Phi) is 5.45. The molecule has 1 aromatic carbocycles. The number of nitrogens with zero attached hydrogens (tertiary/aromatic N) is 1. The quantitative estimate of drug-likeness (QED) is 0.932. The van der Waals surface area contributed by atoms with Gasteiger partial charge in [-0.15, -0.1) is 0 Å². The molecule has 23 heavy (non-hydrogen) atoms. The molecular formula is C19H28N2O2. The lowest BCUT2D eigenvalue weighted by Gasteiger charge is -2.31. The number of rotatable bonds is 3. The highest BCUT2D eigenvalue weighted by Crippen LogP contribution is 2.22. The first-order valence-electron chi connectivity index (χ1n) is 8.44. The molecular weight excluding hydrogens is 288 g/mol. The molecule has 1 aliphatic rings. The van der Waals surface area contributed by atoms with Crippen molar-refractivity contribution in [2.75, 3.05) is 19.6 Å². The fourth-order valence-electron chi connectivity index (χ4n) is 2.91. The van der Waals surface area contributed by atoms with Gasteiger partial charge in [-0.25, -0.2) is 0 Å². The molecule has 1 aliphatic heterocycles. The summed E-state index contributed by atoms with van der Waals surface area (Å²) in [6, 6.07) is 7.60. The predicted molar refractivity (Wildman–Crippen MR) is 92.5 cm³/mol. The van der Waals surface area contributed by atoms with Crippen molar-refractivity contribution in [3.05, 3.63) is 35.4 Å². The molecule has 1 atom stereocenters. The number of benzene rings is 1. The van der Waals surface area contributed by atoms with Crippen LogP contribution in [0, 0.1) is 5.92 Å². The Labute approximate surface area is 139 Å². The van der Waals surface area contributed by atoms with Crippen LogP contribution < -0.4 is 5.32 Å². The maximum Gasteiger partial charge on any atom is 0.251 e. The van der Waals surface area contributed by atoms with Gasteiger partial charge in [-0.1, -0.05) is 39.8 Å². The number of hydrogen-bond acceptors (Lipinski definition) is 2. The summed E-state index contributed by atoms with van der Waals surface area (Å²) in [4.78, 5) is 26.2. The van der Waals surface area contributed by atoms with Gasteiger partial charge in [0.1, 0.15) is 0 Å². The second kappa shape index (κ2) is 7.16. The zero-order chi connectivity index (χ0) is 17.0. The van der Waals surface area contributed by atoms with E-state index in [4.69, 9.17) is 0 Å². The minimum absolute atomic E-state index is 0.0104. The molecule has 1 fully saturated rings. The normalized spacial score (nSPS) is 18.6. The minimum Gasteiger partial charge on any atom is -0.343 e. The molecule has 0 aromatic heterocycles. The minimum atomic E-state index is -0.191. The number of likely N-dealkylation sites (tertiary alicyclic amines) is 1. The van der Waals surface area contributed by atoms with Crippen LogP contribution in [0.4, 0.5) is 0 Å². The van der Waals surface area contributed by atoms with E-state index in [-0.39, 0.29) is 23.8 Å². The Hall–Kier alpha value is -1.84. The summed E-state index contributed by atoms with van der Waals surface area (Å²) in [5, 5.41) is 2.74. The molecule has 1 saturated heterocycles. The smallest absolute Gasteiger partial charge is 0.251 e. The van der Waals surface area contributed by atoms with E-state index in [0.717, 1.165) is 19.5 Å². The van der Waals surface area contributed by atoms with Crippen molar-refractivity contribution in [1.82, 2.24) is 10.2 Å². The zero-order valence-electron chi connectivity index (χ0n) is 14.7. The summed E-state index contributed by atoms with van der Waals surface area (Å²) in [6.07, 6.45) is 2.23. The van der Waals surface area contributed by atoms with Gasteiger partial charge in [0.2, 0.25) is 5.91 Å². The van der Waals surface area contributed by atoms with Crippen LogP contribution in [0.2, 0.25) is 0 Å². The molecule has 1 heterocycles. The molecule has 1 unspecified atom stereocenters. The number of hydrogen-bond donors (Lipinski definition) is 1. The third-order valence-corrected chi connectivity index (χ3v) is 4.42. The van der Waals surface area contributed by atoms with Gasteiger partial charge in [-0.2, -0.15) is 0 Å². The summed E-state index contributed by atoms with van der Waals surface area (Å²) in [5.74, 6) is 0.369. The topological polar surface area (TPSA) is 49.4 Å². The highest BCUT2D eigenvalue weighted by atomic mass is 16.2.